The van der Waals surface area contributed by atoms with Crippen LogP contribution in [0.3, 0.4) is 0 Å². The molecule has 2 aliphatic rings. The number of carbonyl (C=O) groups excluding carboxylic acids is 2. The number of nitrogens with one attached hydrogen (secondary N) is 1. The molecule has 2 amide bonds. The lowest BCUT2D eigenvalue weighted by Crippen LogP contribution is -2.47. The van der Waals surface area contributed by atoms with Gasteiger partial charge in [-0.1, -0.05) is 12.1 Å². The first-order valence-corrected chi connectivity index (χ1v) is 13.0. The molecule has 0 spiro atoms. The molecular weight excluding hydrogens is 516 g/mol. The molecule has 2 fully saturated rings. The van der Waals surface area contributed by atoms with Gasteiger partial charge >= 0.3 is 11.8 Å². The van der Waals surface area contributed by atoms with Crippen molar-refractivity contribution in [3.63, 3.8) is 0 Å². The van der Waals surface area contributed by atoms with Crippen molar-refractivity contribution in [2.75, 3.05) is 61.1 Å². The Balaban J connectivity index is 1.12. The van der Waals surface area contributed by atoms with Crippen LogP contribution in [-0.2, 0) is 16.0 Å². The highest BCUT2D eigenvalue weighted by molar-refractivity contribution is 5.90. The van der Waals surface area contributed by atoms with Gasteiger partial charge in [0.15, 0.2) is 0 Å². The fraction of sp³-hybridized carbons (Fsp3) is 0.321. The van der Waals surface area contributed by atoms with E-state index in [-0.39, 0.29) is 24.6 Å². The normalized spacial score (nSPS) is 17.0. The van der Waals surface area contributed by atoms with Gasteiger partial charge in [-0.3, -0.25) is 19.8 Å². The predicted molar refractivity (Wildman–Crippen MR) is 149 cm³/mol. The van der Waals surface area contributed by atoms with Crippen molar-refractivity contribution in [2.24, 2.45) is 0 Å². The van der Waals surface area contributed by atoms with Gasteiger partial charge in [-0.15, -0.1) is 0 Å². The van der Waals surface area contributed by atoms with Gasteiger partial charge in [0.25, 0.3) is 0 Å². The summed E-state index contributed by atoms with van der Waals surface area (Å²) in [7, 11) is 1.58. The summed E-state index contributed by atoms with van der Waals surface area (Å²) in [6, 6.07) is 18.0. The van der Waals surface area contributed by atoms with Crippen molar-refractivity contribution < 1.29 is 24.0 Å². The van der Waals surface area contributed by atoms with E-state index in [2.05, 4.69) is 15.2 Å². The van der Waals surface area contributed by atoms with Crippen LogP contribution < -0.4 is 24.8 Å². The average molecular weight is 547 g/mol. The summed E-state index contributed by atoms with van der Waals surface area (Å²) in [5.74, 6) is 0.917. The van der Waals surface area contributed by atoms with Crippen LogP contribution in [0.2, 0.25) is 0 Å². The second kappa shape index (κ2) is 11.9. The third-order valence-electron chi connectivity index (χ3n) is 6.97. The molecular formula is C28H30N6O6. The van der Waals surface area contributed by atoms with Gasteiger partial charge in [-0.2, -0.15) is 0 Å². The Morgan fingerprint density at radius 3 is 2.52 bits per heavy atom. The SMILES string of the molecule is COc1cccc(CC(=O)NC[C@H]2CN(c3ccc(N4CCN(c5ncccc5[N+](=O)[O-])CC4)cc3)C(=O)O2)c1. The summed E-state index contributed by atoms with van der Waals surface area (Å²) in [6.45, 7) is 3.11. The fourth-order valence-electron chi connectivity index (χ4n) is 4.89. The van der Waals surface area contributed by atoms with Gasteiger partial charge in [0, 0.05) is 49.8 Å². The first-order valence-electron chi connectivity index (χ1n) is 13.0. The Kier molecular flexibility index (Phi) is 7.94. The molecule has 12 nitrogen and oxygen atoms in total. The van der Waals surface area contributed by atoms with Crippen LogP contribution in [-0.4, -0.2) is 74.4 Å². The zero-order valence-corrected chi connectivity index (χ0v) is 22.1. The fourth-order valence-corrected chi connectivity index (χ4v) is 4.89. The summed E-state index contributed by atoms with van der Waals surface area (Å²) < 4.78 is 10.7. The number of nitro groups is 1. The van der Waals surface area contributed by atoms with Crippen molar-refractivity contribution in [3.8, 4) is 5.75 Å². The monoisotopic (exact) mass is 546 g/mol. The molecule has 2 aliphatic heterocycles. The number of rotatable bonds is 9. The standard InChI is InChI=1S/C28H30N6O6/c1-39-23-5-2-4-20(16-23)17-26(35)30-18-24-19-33(28(36)40-24)22-9-7-21(8-10-22)31-12-14-32(15-13-31)27-25(34(37)38)6-3-11-29-27/h2-11,16,24H,12-15,17-19H2,1H3,(H,30,35)/t24-/m0/s1. The van der Waals surface area contributed by atoms with E-state index in [9.17, 15) is 19.7 Å². The van der Waals surface area contributed by atoms with Crippen LogP contribution in [0.4, 0.5) is 27.7 Å². The Morgan fingerprint density at radius 2 is 1.80 bits per heavy atom. The highest BCUT2D eigenvalue weighted by atomic mass is 16.6. The zero-order valence-electron chi connectivity index (χ0n) is 22.1. The number of hydrogen-bond acceptors (Lipinski definition) is 9. The van der Waals surface area contributed by atoms with Crippen molar-refractivity contribution >= 4 is 34.9 Å². The van der Waals surface area contributed by atoms with Crippen LogP contribution in [0.1, 0.15) is 5.56 Å². The molecule has 3 heterocycles. The van der Waals surface area contributed by atoms with Gasteiger partial charge < -0.3 is 24.6 Å². The highest BCUT2D eigenvalue weighted by Crippen LogP contribution is 2.28. The molecule has 1 aromatic heterocycles. The lowest BCUT2D eigenvalue weighted by Gasteiger charge is -2.36. The smallest absolute Gasteiger partial charge is 0.414 e. The highest BCUT2D eigenvalue weighted by Gasteiger charge is 2.33. The molecule has 5 rings (SSSR count). The third kappa shape index (κ3) is 6.06. The number of amides is 2. The van der Waals surface area contributed by atoms with Gasteiger partial charge in [0.2, 0.25) is 11.7 Å². The second-order valence-corrected chi connectivity index (χ2v) is 9.54. The molecule has 2 saturated heterocycles. The molecule has 208 valence electrons. The van der Waals surface area contributed by atoms with E-state index in [0.29, 0.717) is 50.0 Å². The molecule has 0 radical (unpaired) electrons. The minimum Gasteiger partial charge on any atom is -0.497 e. The molecule has 0 bridgehead atoms. The molecule has 12 heteroatoms. The molecule has 0 saturated carbocycles. The number of piperazine rings is 1. The Hall–Kier alpha value is -4.87. The molecule has 40 heavy (non-hydrogen) atoms. The maximum atomic E-state index is 12.5. The summed E-state index contributed by atoms with van der Waals surface area (Å²) in [5.41, 5.74) is 2.54. The predicted octanol–water partition coefficient (Wildman–Crippen LogP) is 3.01. The molecule has 2 aromatic carbocycles. The number of pyridine rings is 1. The van der Waals surface area contributed by atoms with Crippen molar-refractivity contribution in [1.82, 2.24) is 10.3 Å². The molecule has 1 N–H and O–H groups in total. The number of cyclic esters (lactones) is 1. The van der Waals surface area contributed by atoms with Gasteiger partial charge in [0.1, 0.15) is 11.9 Å². The van der Waals surface area contributed by atoms with E-state index in [1.54, 1.807) is 24.3 Å². The van der Waals surface area contributed by atoms with Crippen LogP contribution in [0.5, 0.6) is 5.75 Å². The Morgan fingerprint density at radius 1 is 1.07 bits per heavy atom. The zero-order chi connectivity index (χ0) is 28.1. The number of anilines is 3. The van der Waals surface area contributed by atoms with E-state index in [1.165, 1.54) is 6.07 Å². The Labute approximate surface area is 231 Å². The quantitative estimate of drug-likeness (QED) is 0.318. The molecule has 1 atom stereocenters. The lowest BCUT2D eigenvalue weighted by molar-refractivity contribution is -0.384. The van der Waals surface area contributed by atoms with E-state index < -0.39 is 17.1 Å². The van der Waals surface area contributed by atoms with Crippen LogP contribution in [0.25, 0.3) is 0 Å². The summed E-state index contributed by atoms with van der Waals surface area (Å²) in [6.07, 6.45) is 0.865. The number of carbonyl (C=O) groups is 2. The number of aromatic nitrogens is 1. The average Bonchev–Trinajstić information content (AvgIpc) is 3.36. The number of hydrogen-bond donors (Lipinski definition) is 1. The van der Waals surface area contributed by atoms with Crippen molar-refractivity contribution in [1.29, 1.82) is 0 Å². The summed E-state index contributed by atoms with van der Waals surface area (Å²) in [4.78, 5) is 45.8. The summed E-state index contributed by atoms with van der Waals surface area (Å²) >= 11 is 0. The van der Waals surface area contributed by atoms with E-state index in [1.807, 2.05) is 53.4 Å². The number of benzene rings is 2. The van der Waals surface area contributed by atoms with E-state index in [4.69, 9.17) is 9.47 Å². The molecule has 0 unspecified atom stereocenters. The first kappa shape index (κ1) is 26.7. The first-order chi connectivity index (χ1) is 19.4. The topological polar surface area (TPSA) is 130 Å². The largest absolute Gasteiger partial charge is 0.497 e. The minimum absolute atomic E-state index is 0.00698. The molecule has 3 aromatic rings. The number of nitrogens with zero attached hydrogens (tertiary/aromatic N) is 5. The third-order valence-corrected chi connectivity index (χ3v) is 6.97. The van der Waals surface area contributed by atoms with Gasteiger partial charge in [-0.05, 0) is 48.0 Å². The maximum absolute atomic E-state index is 12.5. The van der Waals surface area contributed by atoms with Crippen molar-refractivity contribution in [3.05, 3.63) is 82.5 Å². The number of methoxy groups -OCH3 is 1. The Bertz CT molecular complexity index is 1380. The maximum Gasteiger partial charge on any atom is 0.414 e. The van der Waals surface area contributed by atoms with Gasteiger partial charge in [0.05, 0.1) is 31.5 Å². The van der Waals surface area contributed by atoms with Crippen LogP contribution >= 0.6 is 0 Å². The van der Waals surface area contributed by atoms with E-state index >= 15 is 0 Å². The van der Waals surface area contributed by atoms with E-state index in [0.717, 1.165) is 11.3 Å². The summed E-state index contributed by atoms with van der Waals surface area (Å²) in [5, 5.41) is 14.2. The lowest BCUT2D eigenvalue weighted by atomic mass is 10.1. The van der Waals surface area contributed by atoms with Crippen molar-refractivity contribution in [2.45, 2.75) is 12.5 Å². The molecule has 0 aliphatic carbocycles. The van der Waals surface area contributed by atoms with Crippen LogP contribution in [0.15, 0.2) is 66.9 Å². The van der Waals surface area contributed by atoms with Crippen LogP contribution in [0, 0.1) is 10.1 Å². The number of ether oxygens (including phenoxy) is 2. The minimum atomic E-state index is -0.454. The van der Waals surface area contributed by atoms with Gasteiger partial charge in [-0.25, -0.2) is 9.78 Å². The second-order valence-electron chi connectivity index (χ2n) is 9.54.